The fourth-order valence-electron chi connectivity index (χ4n) is 2.66. The quantitative estimate of drug-likeness (QED) is 0.273. The zero-order chi connectivity index (χ0) is 22.2. The molecular formula is C22H21BrN2O6. The minimum atomic E-state index is -0.473. The number of nitrogens with one attached hydrogen (secondary N) is 1. The van der Waals surface area contributed by atoms with Crippen LogP contribution in [0.25, 0.3) is 11.0 Å². The molecule has 1 N–H and O–H groups in total. The van der Waals surface area contributed by atoms with Crippen molar-refractivity contribution < 1.29 is 28.2 Å². The average molecular weight is 489 g/mol. The largest absolute Gasteiger partial charge is 0.494 e. The maximum atomic E-state index is 12.3. The number of carbonyl (C=O) groups is 2. The molecule has 0 atom stereocenters. The van der Waals surface area contributed by atoms with E-state index in [1.165, 1.54) is 6.21 Å². The van der Waals surface area contributed by atoms with Crippen LogP contribution in [-0.4, -0.2) is 37.9 Å². The minimum absolute atomic E-state index is 0.143. The Morgan fingerprint density at radius 2 is 1.94 bits per heavy atom. The number of ether oxygens (including phenoxy) is 3. The van der Waals surface area contributed by atoms with E-state index in [0.29, 0.717) is 40.3 Å². The summed E-state index contributed by atoms with van der Waals surface area (Å²) in [6, 6.07) is 12.1. The molecule has 1 heterocycles. The lowest BCUT2D eigenvalue weighted by molar-refractivity contribution is -0.145. The molecule has 9 heteroatoms. The van der Waals surface area contributed by atoms with Gasteiger partial charge in [0.15, 0.2) is 12.4 Å². The summed E-state index contributed by atoms with van der Waals surface area (Å²) in [5, 5.41) is 4.73. The van der Waals surface area contributed by atoms with Gasteiger partial charge in [-0.2, -0.15) is 5.10 Å². The number of furan rings is 1. The van der Waals surface area contributed by atoms with E-state index < -0.39 is 11.9 Å². The first kappa shape index (κ1) is 22.4. The van der Waals surface area contributed by atoms with Crippen molar-refractivity contribution in [2.75, 3.05) is 19.8 Å². The smallest absolute Gasteiger partial charge is 0.344 e. The van der Waals surface area contributed by atoms with Crippen molar-refractivity contribution in [2.45, 2.75) is 13.8 Å². The van der Waals surface area contributed by atoms with E-state index in [4.69, 9.17) is 18.6 Å². The topological polar surface area (TPSA) is 99.4 Å². The first-order chi connectivity index (χ1) is 15.0. The Morgan fingerprint density at radius 1 is 1.10 bits per heavy atom. The van der Waals surface area contributed by atoms with Gasteiger partial charge in [0.1, 0.15) is 17.1 Å². The summed E-state index contributed by atoms with van der Waals surface area (Å²) in [5.41, 5.74) is 3.73. The fourth-order valence-corrected chi connectivity index (χ4v) is 3.18. The fraction of sp³-hybridized carbons (Fsp3) is 0.227. The number of hydrogen-bond acceptors (Lipinski definition) is 7. The van der Waals surface area contributed by atoms with Gasteiger partial charge in [0.05, 0.1) is 23.9 Å². The standard InChI is InChI=1S/C22H21BrN2O6/c1-3-28-16-6-8-18-15(10-16)11-20(31-18)22(27)25-24-12-14-5-7-19(17(23)9-14)30-13-21(26)29-4-2/h5-12H,3-4,13H2,1-2H3,(H,25,27)/b24-12+. The highest BCUT2D eigenvalue weighted by Gasteiger charge is 2.12. The summed E-state index contributed by atoms with van der Waals surface area (Å²) in [6.07, 6.45) is 1.48. The number of rotatable bonds is 9. The highest BCUT2D eigenvalue weighted by molar-refractivity contribution is 9.10. The second-order valence-corrected chi connectivity index (χ2v) is 7.08. The molecule has 0 unspecified atom stereocenters. The zero-order valence-corrected chi connectivity index (χ0v) is 18.6. The molecular weight excluding hydrogens is 468 g/mol. The van der Waals surface area contributed by atoms with Crippen molar-refractivity contribution in [2.24, 2.45) is 5.10 Å². The predicted molar refractivity (Wildman–Crippen MR) is 119 cm³/mol. The van der Waals surface area contributed by atoms with Gasteiger partial charge in [0.2, 0.25) is 0 Å². The Hall–Kier alpha value is -3.33. The van der Waals surface area contributed by atoms with Crippen LogP contribution >= 0.6 is 15.9 Å². The van der Waals surface area contributed by atoms with Crippen molar-refractivity contribution in [1.82, 2.24) is 5.43 Å². The van der Waals surface area contributed by atoms with Crippen LogP contribution in [0, 0.1) is 0 Å². The third-order valence-corrected chi connectivity index (χ3v) is 4.63. The number of hydrogen-bond donors (Lipinski definition) is 1. The van der Waals surface area contributed by atoms with E-state index in [9.17, 15) is 9.59 Å². The molecule has 0 spiro atoms. The van der Waals surface area contributed by atoms with Gasteiger partial charge >= 0.3 is 11.9 Å². The van der Waals surface area contributed by atoms with Crippen LogP contribution in [0.15, 0.2) is 56.5 Å². The van der Waals surface area contributed by atoms with Gasteiger partial charge in [-0.25, -0.2) is 10.2 Å². The number of fused-ring (bicyclic) bond motifs is 1. The normalized spacial score (nSPS) is 10.9. The maximum Gasteiger partial charge on any atom is 0.344 e. The Labute approximate surface area is 187 Å². The molecule has 0 aliphatic heterocycles. The Balaban J connectivity index is 1.59. The van der Waals surface area contributed by atoms with Crippen LogP contribution in [0.3, 0.4) is 0 Å². The van der Waals surface area contributed by atoms with Gasteiger partial charge in [-0.1, -0.05) is 0 Å². The molecule has 0 saturated carbocycles. The molecule has 0 radical (unpaired) electrons. The Bertz CT molecular complexity index is 1110. The molecule has 0 bridgehead atoms. The predicted octanol–water partition coefficient (Wildman–Crippen LogP) is 4.30. The number of benzene rings is 2. The summed E-state index contributed by atoms with van der Waals surface area (Å²) < 4.78 is 21.9. The van der Waals surface area contributed by atoms with Crippen LogP contribution in [0.4, 0.5) is 0 Å². The highest BCUT2D eigenvalue weighted by atomic mass is 79.9. The van der Waals surface area contributed by atoms with E-state index in [-0.39, 0.29) is 12.4 Å². The monoisotopic (exact) mass is 488 g/mol. The van der Waals surface area contributed by atoms with Crippen molar-refractivity contribution in [3.05, 3.63) is 58.3 Å². The van der Waals surface area contributed by atoms with E-state index in [1.807, 2.05) is 13.0 Å². The first-order valence-electron chi connectivity index (χ1n) is 9.58. The summed E-state index contributed by atoms with van der Waals surface area (Å²) in [7, 11) is 0. The molecule has 0 saturated heterocycles. The SMILES string of the molecule is CCOC(=O)COc1ccc(/C=N/NC(=O)c2cc3cc(OCC)ccc3o2)cc1Br. The molecule has 1 aromatic heterocycles. The zero-order valence-electron chi connectivity index (χ0n) is 17.0. The summed E-state index contributed by atoms with van der Waals surface area (Å²) in [5.74, 6) is 0.426. The van der Waals surface area contributed by atoms with Gasteiger partial charge in [-0.15, -0.1) is 0 Å². The third-order valence-electron chi connectivity index (χ3n) is 4.01. The maximum absolute atomic E-state index is 12.3. The van der Waals surface area contributed by atoms with Crippen LogP contribution in [0.1, 0.15) is 30.0 Å². The van der Waals surface area contributed by atoms with Crippen molar-refractivity contribution in [1.29, 1.82) is 0 Å². The van der Waals surface area contributed by atoms with Gasteiger partial charge in [0, 0.05) is 5.39 Å². The van der Waals surface area contributed by atoms with E-state index in [1.54, 1.807) is 43.3 Å². The molecule has 0 aliphatic carbocycles. The van der Waals surface area contributed by atoms with Gasteiger partial charge in [-0.3, -0.25) is 4.79 Å². The molecule has 162 valence electrons. The minimum Gasteiger partial charge on any atom is -0.494 e. The van der Waals surface area contributed by atoms with Crippen molar-refractivity contribution in [3.63, 3.8) is 0 Å². The van der Waals surface area contributed by atoms with Crippen molar-refractivity contribution in [3.8, 4) is 11.5 Å². The Kier molecular flexibility index (Phi) is 7.66. The van der Waals surface area contributed by atoms with E-state index >= 15 is 0 Å². The summed E-state index contributed by atoms with van der Waals surface area (Å²) >= 11 is 3.38. The average Bonchev–Trinajstić information content (AvgIpc) is 3.17. The number of hydrazone groups is 1. The molecule has 31 heavy (non-hydrogen) atoms. The lowest BCUT2D eigenvalue weighted by atomic mass is 10.2. The van der Waals surface area contributed by atoms with Crippen LogP contribution in [-0.2, 0) is 9.53 Å². The molecule has 8 nitrogen and oxygen atoms in total. The van der Waals surface area contributed by atoms with Crippen LogP contribution in [0.2, 0.25) is 0 Å². The number of esters is 1. The van der Waals surface area contributed by atoms with E-state index in [0.717, 1.165) is 5.39 Å². The molecule has 0 aliphatic rings. The highest BCUT2D eigenvalue weighted by Crippen LogP contribution is 2.26. The van der Waals surface area contributed by atoms with Crippen molar-refractivity contribution >= 4 is 45.0 Å². The van der Waals surface area contributed by atoms with Gasteiger partial charge in [0.25, 0.3) is 0 Å². The number of nitrogens with zero attached hydrogens (tertiary/aromatic N) is 1. The lowest BCUT2D eigenvalue weighted by Crippen LogP contribution is -2.16. The third kappa shape index (κ3) is 6.08. The van der Waals surface area contributed by atoms with E-state index in [2.05, 4.69) is 26.5 Å². The van der Waals surface area contributed by atoms with Crippen LogP contribution in [0.5, 0.6) is 11.5 Å². The Morgan fingerprint density at radius 3 is 2.68 bits per heavy atom. The summed E-state index contributed by atoms with van der Waals surface area (Å²) in [4.78, 5) is 23.7. The lowest BCUT2D eigenvalue weighted by Gasteiger charge is -2.08. The van der Waals surface area contributed by atoms with Gasteiger partial charge < -0.3 is 18.6 Å². The second-order valence-electron chi connectivity index (χ2n) is 6.23. The molecule has 1 amide bonds. The molecule has 0 fully saturated rings. The second kappa shape index (κ2) is 10.6. The number of halogens is 1. The molecule has 3 aromatic rings. The molecule has 2 aromatic carbocycles. The van der Waals surface area contributed by atoms with Gasteiger partial charge in [-0.05, 0) is 77.8 Å². The summed E-state index contributed by atoms with van der Waals surface area (Å²) in [6.45, 7) is 4.30. The number of amides is 1. The first-order valence-corrected chi connectivity index (χ1v) is 10.4. The number of carbonyl (C=O) groups excluding carboxylic acids is 2. The van der Waals surface area contributed by atoms with Crippen LogP contribution < -0.4 is 14.9 Å². The molecule has 3 rings (SSSR count).